The molecule has 1 heterocycles. The summed E-state index contributed by atoms with van der Waals surface area (Å²) in [5.74, 6) is 0.916. The van der Waals surface area contributed by atoms with E-state index in [1.54, 1.807) is 28.6 Å². The van der Waals surface area contributed by atoms with Crippen molar-refractivity contribution < 1.29 is 13.2 Å². The summed E-state index contributed by atoms with van der Waals surface area (Å²) in [4.78, 5) is 0.350. The van der Waals surface area contributed by atoms with Gasteiger partial charge in [0.2, 0.25) is 10.0 Å². The molecule has 5 atom stereocenters. The van der Waals surface area contributed by atoms with Gasteiger partial charge >= 0.3 is 0 Å². The van der Waals surface area contributed by atoms with Gasteiger partial charge in [0.15, 0.2) is 6.23 Å². The number of hydrogen-bond acceptors (Lipinski definition) is 3. The standard InChI is InChI=1S/C20H21NO3S/c22-25(23,17-9-5-2-6-10-17)21-18-15-11-12-16(13-15)19(18)24-20(21)14-7-3-1-4-8-14/h1-10,15-16,18-20H,11-13H2/t15-,16+,18+,19-,20?/m0/s1. The van der Waals surface area contributed by atoms with Crippen LogP contribution in [0.25, 0.3) is 0 Å². The van der Waals surface area contributed by atoms with Gasteiger partial charge in [-0.15, -0.1) is 0 Å². The average Bonchev–Trinajstić information content (AvgIpc) is 3.35. The van der Waals surface area contributed by atoms with Crippen molar-refractivity contribution in [2.45, 2.75) is 42.5 Å². The van der Waals surface area contributed by atoms with Crippen molar-refractivity contribution in [3.63, 3.8) is 0 Å². The highest BCUT2D eigenvalue weighted by atomic mass is 32.2. The maximum atomic E-state index is 13.5. The molecule has 1 aliphatic heterocycles. The summed E-state index contributed by atoms with van der Waals surface area (Å²) in [7, 11) is -3.60. The second-order valence-electron chi connectivity index (χ2n) is 7.34. The van der Waals surface area contributed by atoms with Crippen molar-refractivity contribution in [1.29, 1.82) is 0 Å². The second kappa shape index (κ2) is 5.66. The van der Waals surface area contributed by atoms with Crippen LogP contribution in [0.3, 0.4) is 0 Å². The lowest BCUT2D eigenvalue weighted by atomic mass is 9.93. The average molecular weight is 355 g/mol. The molecule has 0 aromatic heterocycles. The Morgan fingerprint density at radius 1 is 0.880 bits per heavy atom. The topological polar surface area (TPSA) is 46.6 Å². The van der Waals surface area contributed by atoms with E-state index in [4.69, 9.17) is 4.74 Å². The zero-order valence-corrected chi connectivity index (χ0v) is 14.7. The maximum absolute atomic E-state index is 13.5. The first-order valence-corrected chi connectivity index (χ1v) is 10.4. The first-order chi connectivity index (χ1) is 12.2. The predicted molar refractivity (Wildman–Crippen MR) is 94.1 cm³/mol. The lowest BCUT2D eigenvalue weighted by Gasteiger charge is -2.31. The van der Waals surface area contributed by atoms with Crippen LogP contribution >= 0.6 is 0 Å². The van der Waals surface area contributed by atoms with Crippen LogP contribution in [-0.2, 0) is 14.8 Å². The van der Waals surface area contributed by atoms with Gasteiger partial charge in [0.05, 0.1) is 17.0 Å². The van der Waals surface area contributed by atoms with E-state index in [-0.39, 0.29) is 12.1 Å². The van der Waals surface area contributed by atoms with E-state index in [1.807, 2.05) is 36.4 Å². The number of hydrogen-bond donors (Lipinski definition) is 0. The molecule has 1 unspecified atom stereocenters. The summed E-state index contributed by atoms with van der Waals surface area (Å²) in [6.07, 6.45) is 2.87. The molecule has 0 spiro atoms. The predicted octanol–water partition coefficient (Wildman–Crippen LogP) is 3.57. The van der Waals surface area contributed by atoms with Crippen LogP contribution in [0.15, 0.2) is 65.6 Å². The number of ether oxygens (including phenoxy) is 1. The lowest BCUT2D eigenvalue weighted by Crippen LogP contribution is -2.43. The van der Waals surface area contributed by atoms with Crippen molar-refractivity contribution in [3.8, 4) is 0 Å². The highest BCUT2D eigenvalue weighted by Gasteiger charge is 2.60. The SMILES string of the molecule is O=S(=O)(c1ccccc1)N1C(c2ccccc2)O[C@H]2[C@@H]3CC[C@@H](C3)[C@H]21. The van der Waals surface area contributed by atoms with Crippen LogP contribution in [0.1, 0.15) is 31.1 Å². The molecule has 130 valence electrons. The number of benzene rings is 2. The summed E-state index contributed by atoms with van der Waals surface area (Å²) < 4.78 is 35.0. The van der Waals surface area contributed by atoms with Crippen LogP contribution in [0.5, 0.6) is 0 Å². The zero-order chi connectivity index (χ0) is 17.0. The molecule has 3 fully saturated rings. The van der Waals surface area contributed by atoms with Gasteiger partial charge in [-0.2, -0.15) is 4.31 Å². The van der Waals surface area contributed by atoms with Crippen LogP contribution in [-0.4, -0.2) is 24.9 Å². The molecule has 1 saturated heterocycles. The zero-order valence-electron chi connectivity index (χ0n) is 13.9. The molecule has 2 bridgehead atoms. The number of fused-ring (bicyclic) bond motifs is 5. The van der Waals surface area contributed by atoms with E-state index in [2.05, 4.69) is 0 Å². The maximum Gasteiger partial charge on any atom is 0.245 e. The normalized spacial score (nSPS) is 34.3. The fourth-order valence-corrected chi connectivity index (χ4v) is 6.74. The minimum atomic E-state index is -3.60. The van der Waals surface area contributed by atoms with E-state index < -0.39 is 16.3 Å². The van der Waals surface area contributed by atoms with Gasteiger partial charge in [-0.1, -0.05) is 48.5 Å². The molecule has 3 aliphatic rings. The first kappa shape index (κ1) is 15.6. The Hall–Kier alpha value is -1.69. The fourth-order valence-electron chi connectivity index (χ4n) is 4.96. The van der Waals surface area contributed by atoms with E-state index >= 15 is 0 Å². The van der Waals surface area contributed by atoms with Gasteiger partial charge in [0.1, 0.15) is 0 Å². The molecule has 0 radical (unpaired) electrons. The summed E-state index contributed by atoms with van der Waals surface area (Å²) in [5, 5.41) is 0. The monoisotopic (exact) mass is 355 g/mol. The highest BCUT2D eigenvalue weighted by Crippen LogP contribution is 2.56. The molecule has 2 saturated carbocycles. The third-order valence-electron chi connectivity index (χ3n) is 6.01. The Balaban J connectivity index is 1.62. The van der Waals surface area contributed by atoms with Gasteiger partial charge in [-0.3, -0.25) is 0 Å². The van der Waals surface area contributed by atoms with Gasteiger partial charge < -0.3 is 4.74 Å². The molecule has 25 heavy (non-hydrogen) atoms. The Morgan fingerprint density at radius 2 is 1.52 bits per heavy atom. The molecule has 2 aromatic rings. The quantitative estimate of drug-likeness (QED) is 0.845. The summed E-state index contributed by atoms with van der Waals surface area (Å²) in [6.45, 7) is 0. The molecular weight excluding hydrogens is 334 g/mol. The summed E-state index contributed by atoms with van der Waals surface area (Å²) >= 11 is 0. The lowest BCUT2D eigenvalue weighted by molar-refractivity contribution is -0.00276. The Labute approximate surface area is 148 Å². The van der Waals surface area contributed by atoms with Crippen molar-refractivity contribution in [2.24, 2.45) is 11.8 Å². The number of sulfonamides is 1. The third-order valence-corrected chi connectivity index (χ3v) is 7.87. The minimum absolute atomic E-state index is 0.0300. The Bertz CT molecular complexity index is 868. The van der Waals surface area contributed by atoms with Crippen LogP contribution < -0.4 is 0 Å². The molecule has 4 nitrogen and oxygen atoms in total. The highest BCUT2D eigenvalue weighted by molar-refractivity contribution is 7.89. The largest absolute Gasteiger partial charge is 0.353 e. The van der Waals surface area contributed by atoms with Gasteiger partial charge in [0, 0.05) is 0 Å². The van der Waals surface area contributed by atoms with Crippen molar-refractivity contribution in [3.05, 3.63) is 66.2 Å². The molecular formula is C20H21NO3S. The fraction of sp³-hybridized carbons (Fsp3) is 0.400. The number of rotatable bonds is 3. The molecule has 0 amide bonds. The van der Waals surface area contributed by atoms with Crippen molar-refractivity contribution in [1.82, 2.24) is 4.31 Å². The summed E-state index contributed by atoms with van der Waals surface area (Å²) in [6, 6.07) is 18.5. The third kappa shape index (κ3) is 2.30. The number of nitrogens with zero attached hydrogens (tertiary/aromatic N) is 1. The smallest absolute Gasteiger partial charge is 0.245 e. The van der Waals surface area contributed by atoms with E-state index in [0.29, 0.717) is 16.7 Å². The van der Waals surface area contributed by atoms with Gasteiger partial charge in [-0.05, 0) is 48.8 Å². The minimum Gasteiger partial charge on any atom is -0.353 e. The molecule has 2 aliphatic carbocycles. The van der Waals surface area contributed by atoms with Crippen LogP contribution in [0.2, 0.25) is 0 Å². The second-order valence-corrected chi connectivity index (χ2v) is 9.18. The van der Waals surface area contributed by atoms with E-state index in [0.717, 1.165) is 24.8 Å². The summed E-state index contributed by atoms with van der Waals surface area (Å²) in [5.41, 5.74) is 0.913. The van der Waals surface area contributed by atoms with Crippen LogP contribution in [0.4, 0.5) is 0 Å². The van der Waals surface area contributed by atoms with Crippen LogP contribution in [0, 0.1) is 11.8 Å². The Kier molecular flexibility index (Phi) is 3.52. The first-order valence-electron chi connectivity index (χ1n) is 8.95. The molecule has 5 rings (SSSR count). The molecule has 0 N–H and O–H groups in total. The van der Waals surface area contributed by atoms with Gasteiger partial charge in [0.25, 0.3) is 0 Å². The Morgan fingerprint density at radius 3 is 2.24 bits per heavy atom. The molecule has 5 heteroatoms. The van der Waals surface area contributed by atoms with E-state index in [9.17, 15) is 8.42 Å². The van der Waals surface area contributed by atoms with Gasteiger partial charge in [-0.25, -0.2) is 8.42 Å². The molecule has 2 aromatic carbocycles. The van der Waals surface area contributed by atoms with E-state index in [1.165, 1.54) is 0 Å². The van der Waals surface area contributed by atoms with Crippen molar-refractivity contribution >= 4 is 10.0 Å². The van der Waals surface area contributed by atoms with Crippen molar-refractivity contribution in [2.75, 3.05) is 0 Å².